The van der Waals surface area contributed by atoms with Crippen LogP contribution in [0.4, 0.5) is 13.2 Å². The highest BCUT2D eigenvalue weighted by Crippen LogP contribution is 2.33. The van der Waals surface area contributed by atoms with E-state index in [2.05, 4.69) is 10.2 Å². The van der Waals surface area contributed by atoms with Gasteiger partial charge in [-0.1, -0.05) is 32.0 Å². The Hall–Kier alpha value is -1.31. The molecule has 114 valence electrons. The van der Waals surface area contributed by atoms with Gasteiger partial charge in [0.25, 0.3) is 0 Å². The molecule has 0 aliphatic heterocycles. The third-order valence-corrected chi connectivity index (χ3v) is 2.92. The van der Waals surface area contributed by atoms with Crippen LogP contribution < -0.4 is 16.0 Å². The van der Waals surface area contributed by atoms with Crippen LogP contribution >= 0.6 is 0 Å². The standard InChI is InChI=1S/C13H19F3N2O2/c1-8(2)12(19-3)11(18-17)9-6-4-5-7-10(9)20-13(14,15)16/h4-8,11-12,18H,17H2,1-3H3. The van der Waals surface area contributed by atoms with Crippen LogP contribution in [-0.2, 0) is 4.74 Å². The molecule has 1 aromatic rings. The number of methoxy groups -OCH3 is 1. The molecule has 0 amide bonds. The molecule has 0 saturated carbocycles. The normalized spacial score (nSPS) is 15.2. The highest BCUT2D eigenvalue weighted by Gasteiger charge is 2.34. The van der Waals surface area contributed by atoms with Crippen molar-refractivity contribution in [2.24, 2.45) is 11.8 Å². The van der Waals surface area contributed by atoms with Gasteiger partial charge in [0, 0.05) is 12.7 Å². The number of hydrogen-bond acceptors (Lipinski definition) is 4. The average Bonchev–Trinajstić information content (AvgIpc) is 2.34. The average molecular weight is 292 g/mol. The predicted molar refractivity (Wildman–Crippen MR) is 68.8 cm³/mol. The fourth-order valence-corrected chi connectivity index (χ4v) is 2.11. The summed E-state index contributed by atoms with van der Waals surface area (Å²) in [6.45, 7) is 3.79. The van der Waals surface area contributed by atoms with Crippen LogP contribution in [0, 0.1) is 5.92 Å². The van der Waals surface area contributed by atoms with E-state index in [1.54, 1.807) is 6.07 Å². The second-order valence-electron chi connectivity index (χ2n) is 4.67. The van der Waals surface area contributed by atoms with Crippen molar-refractivity contribution in [3.8, 4) is 5.75 Å². The van der Waals surface area contributed by atoms with Crippen molar-refractivity contribution in [2.45, 2.75) is 32.4 Å². The van der Waals surface area contributed by atoms with E-state index in [1.165, 1.54) is 25.3 Å². The summed E-state index contributed by atoms with van der Waals surface area (Å²) in [4.78, 5) is 0. The molecule has 0 bridgehead atoms. The van der Waals surface area contributed by atoms with Crippen LogP contribution in [0.15, 0.2) is 24.3 Å². The van der Waals surface area contributed by atoms with Crippen molar-refractivity contribution in [1.82, 2.24) is 5.43 Å². The smallest absolute Gasteiger partial charge is 0.405 e. The van der Waals surface area contributed by atoms with E-state index in [1.807, 2.05) is 13.8 Å². The van der Waals surface area contributed by atoms with Gasteiger partial charge in [0.2, 0.25) is 0 Å². The molecular weight excluding hydrogens is 273 g/mol. The van der Waals surface area contributed by atoms with Gasteiger partial charge in [0.1, 0.15) is 5.75 Å². The van der Waals surface area contributed by atoms with Gasteiger partial charge < -0.3 is 9.47 Å². The Bertz CT molecular complexity index is 424. The summed E-state index contributed by atoms with van der Waals surface area (Å²) in [5, 5.41) is 0. The zero-order chi connectivity index (χ0) is 15.3. The van der Waals surface area contributed by atoms with Crippen molar-refractivity contribution < 1.29 is 22.6 Å². The fraction of sp³-hybridized carbons (Fsp3) is 0.538. The second kappa shape index (κ2) is 6.92. The fourth-order valence-electron chi connectivity index (χ4n) is 2.11. The molecular formula is C13H19F3N2O2. The largest absolute Gasteiger partial charge is 0.573 e. The SMILES string of the molecule is COC(C(C)C)C(NN)c1ccccc1OC(F)(F)F. The second-order valence-corrected chi connectivity index (χ2v) is 4.67. The molecule has 2 unspecified atom stereocenters. The lowest BCUT2D eigenvalue weighted by Gasteiger charge is -2.30. The van der Waals surface area contributed by atoms with Crippen molar-refractivity contribution in [3.63, 3.8) is 0 Å². The Morgan fingerprint density at radius 3 is 2.25 bits per heavy atom. The molecule has 0 aromatic heterocycles. The van der Waals surface area contributed by atoms with Gasteiger partial charge in [-0.15, -0.1) is 13.2 Å². The Kier molecular flexibility index (Phi) is 5.79. The Morgan fingerprint density at radius 2 is 1.80 bits per heavy atom. The first-order valence-electron chi connectivity index (χ1n) is 6.13. The molecule has 2 atom stereocenters. The first kappa shape index (κ1) is 16.7. The van der Waals surface area contributed by atoms with Gasteiger partial charge in [0.15, 0.2) is 0 Å². The Labute approximate surface area is 116 Å². The maximum atomic E-state index is 12.4. The van der Waals surface area contributed by atoms with Crippen LogP contribution in [0.1, 0.15) is 25.5 Å². The van der Waals surface area contributed by atoms with Gasteiger partial charge in [-0.05, 0) is 12.0 Å². The number of rotatable bonds is 6. The number of nitrogens with two attached hydrogens (primary N) is 1. The van der Waals surface area contributed by atoms with Crippen LogP contribution in [0.2, 0.25) is 0 Å². The third-order valence-electron chi connectivity index (χ3n) is 2.92. The molecule has 1 rings (SSSR count). The number of ether oxygens (including phenoxy) is 2. The van der Waals surface area contributed by atoms with E-state index in [4.69, 9.17) is 10.6 Å². The number of hydrazine groups is 1. The molecule has 0 saturated heterocycles. The first-order chi connectivity index (χ1) is 9.30. The van der Waals surface area contributed by atoms with E-state index in [-0.39, 0.29) is 11.7 Å². The minimum Gasteiger partial charge on any atom is -0.405 e. The highest BCUT2D eigenvalue weighted by atomic mass is 19.4. The summed E-state index contributed by atoms with van der Waals surface area (Å²) in [6, 6.07) is 5.25. The molecule has 0 spiro atoms. The molecule has 7 heteroatoms. The molecule has 20 heavy (non-hydrogen) atoms. The number of hydrogen-bond donors (Lipinski definition) is 2. The van der Waals surface area contributed by atoms with Crippen molar-refractivity contribution in [3.05, 3.63) is 29.8 Å². The van der Waals surface area contributed by atoms with Crippen molar-refractivity contribution >= 4 is 0 Å². The van der Waals surface area contributed by atoms with Gasteiger partial charge in [0.05, 0.1) is 12.1 Å². The highest BCUT2D eigenvalue weighted by molar-refractivity contribution is 5.36. The van der Waals surface area contributed by atoms with E-state index < -0.39 is 18.5 Å². The van der Waals surface area contributed by atoms with Crippen LogP contribution in [0.3, 0.4) is 0 Å². The molecule has 0 radical (unpaired) electrons. The van der Waals surface area contributed by atoms with Crippen LogP contribution in [0.25, 0.3) is 0 Å². The molecule has 4 nitrogen and oxygen atoms in total. The number of alkyl halides is 3. The molecule has 3 N–H and O–H groups in total. The molecule has 0 fully saturated rings. The molecule has 0 aliphatic carbocycles. The van der Waals surface area contributed by atoms with Crippen molar-refractivity contribution in [1.29, 1.82) is 0 Å². The minimum atomic E-state index is -4.75. The predicted octanol–water partition coefficient (Wildman–Crippen LogP) is 2.76. The van der Waals surface area contributed by atoms with Gasteiger partial charge in [-0.3, -0.25) is 11.3 Å². The first-order valence-corrected chi connectivity index (χ1v) is 6.13. The third kappa shape index (κ3) is 4.36. The number of nitrogens with one attached hydrogen (secondary N) is 1. The van der Waals surface area contributed by atoms with E-state index >= 15 is 0 Å². The summed E-state index contributed by atoms with van der Waals surface area (Å²) < 4.78 is 46.6. The van der Waals surface area contributed by atoms with Gasteiger partial charge in [-0.2, -0.15) is 0 Å². The minimum absolute atomic E-state index is 0.0555. The maximum Gasteiger partial charge on any atom is 0.573 e. The summed E-state index contributed by atoms with van der Waals surface area (Å²) in [5.41, 5.74) is 2.80. The summed E-state index contributed by atoms with van der Waals surface area (Å²) in [7, 11) is 1.49. The van der Waals surface area contributed by atoms with E-state index in [0.29, 0.717) is 5.56 Å². The molecule has 0 aliphatic rings. The topological polar surface area (TPSA) is 56.5 Å². The number of halogens is 3. The number of para-hydroxylation sites is 1. The lowest BCUT2D eigenvalue weighted by molar-refractivity contribution is -0.275. The quantitative estimate of drug-likeness (QED) is 0.625. The monoisotopic (exact) mass is 292 g/mol. The molecule has 0 heterocycles. The van der Waals surface area contributed by atoms with Gasteiger partial charge in [-0.25, -0.2) is 0 Å². The zero-order valence-corrected chi connectivity index (χ0v) is 11.6. The Balaban J connectivity index is 3.15. The van der Waals surface area contributed by atoms with E-state index in [0.717, 1.165) is 0 Å². The summed E-state index contributed by atoms with van der Waals surface area (Å²) in [6.07, 6.45) is -5.15. The maximum absolute atomic E-state index is 12.4. The van der Waals surface area contributed by atoms with Crippen LogP contribution in [-0.4, -0.2) is 19.6 Å². The lowest BCUT2D eigenvalue weighted by Crippen LogP contribution is -2.40. The van der Waals surface area contributed by atoms with E-state index in [9.17, 15) is 13.2 Å². The Morgan fingerprint density at radius 1 is 1.20 bits per heavy atom. The van der Waals surface area contributed by atoms with Crippen molar-refractivity contribution in [2.75, 3.05) is 7.11 Å². The zero-order valence-electron chi connectivity index (χ0n) is 11.6. The van der Waals surface area contributed by atoms with Gasteiger partial charge >= 0.3 is 6.36 Å². The summed E-state index contributed by atoms with van der Waals surface area (Å²) >= 11 is 0. The lowest BCUT2D eigenvalue weighted by atomic mass is 9.93. The van der Waals surface area contributed by atoms with Crippen LogP contribution in [0.5, 0.6) is 5.75 Å². The number of benzene rings is 1. The summed E-state index contributed by atoms with van der Waals surface area (Å²) in [5.74, 6) is 5.25. The molecule has 1 aromatic carbocycles.